The van der Waals surface area contributed by atoms with E-state index in [2.05, 4.69) is 10.6 Å². The first kappa shape index (κ1) is 43.1. The van der Waals surface area contributed by atoms with Crippen LogP contribution in [-0.2, 0) is 27.1 Å². The quantitative estimate of drug-likeness (QED) is 0.0833. The number of aryl methyl sites for hydroxylation is 2. The van der Waals surface area contributed by atoms with Gasteiger partial charge in [-0.2, -0.15) is 0 Å². The van der Waals surface area contributed by atoms with Crippen LogP contribution in [-0.4, -0.2) is 85.5 Å². The molecule has 0 bridgehead atoms. The van der Waals surface area contributed by atoms with Gasteiger partial charge >= 0.3 is 12.2 Å². The van der Waals surface area contributed by atoms with Crippen LogP contribution in [0.15, 0.2) is 105 Å². The van der Waals surface area contributed by atoms with Gasteiger partial charge in [0.05, 0.1) is 73.5 Å². The molecule has 2 aliphatic carbocycles. The number of amides is 4. The molecular formula is C47H44N4O13. The molecule has 4 aliphatic rings. The molecule has 17 nitrogen and oxygen atoms in total. The molecule has 2 unspecified atom stereocenters. The monoisotopic (exact) mass is 872 g/mol. The van der Waals surface area contributed by atoms with Crippen LogP contribution in [0.5, 0.6) is 0 Å². The van der Waals surface area contributed by atoms with E-state index in [-0.39, 0.29) is 54.6 Å². The average molecular weight is 873 g/mol. The molecule has 3 aromatic heterocycles. The molecule has 9 rings (SSSR count). The number of carbonyl (C=O) groups excluding carboxylic acids is 8. The number of anilines is 2. The van der Waals surface area contributed by atoms with Crippen molar-refractivity contribution in [3.8, 4) is 0 Å². The van der Waals surface area contributed by atoms with Gasteiger partial charge in [0, 0.05) is 29.4 Å². The van der Waals surface area contributed by atoms with Gasteiger partial charge in [-0.3, -0.25) is 38.6 Å². The average Bonchev–Trinajstić information content (AvgIpc) is 4.16. The first-order chi connectivity index (χ1) is 30.9. The molecule has 330 valence electrons. The lowest BCUT2D eigenvalue weighted by Gasteiger charge is -2.16. The molecule has 2 aromatic carbocycles. The van der Waals surface area contributed by atoms with Gasteiger partial charge < -0.3 is 33.4 Å². The Labute approximate surface area is 366 Å². The summed E-state index contributed by atoms with van der Waals surface area (Å²) in [4.78, 5) is 103. The maximum Gasteiger partial charge on any atom is 0.414 e. The van der Waals surface area contributed by atoms with E-state index in [9.17, 15) is 38.4 Å². The highest BCUT2D eigenvalue weighted by Gasteiger charge is 2.37. The second-order valence-corrected chi connectivity index (χ2v) is 15.9. The standard InChI is InChI=1S/C25H22N2O7.C22H22N2O6/c28-22(16-6-8-32-13-16)21-3-1-2-15-10-18(4-5-20(15)23(21)29)27-12-19(34-25(27)31)11-26-24(30)17-7-9-33-14-17;1-13(25)23-10-17-11-24(22(28)30-17)16-5-6-18-14(9-16)3-2-4-19(21(18)27)20(26)15-7-8-29-12-15/h4-10,13-14,19,21H,1-3,11-12H2,(H,26,30);5-9,12,17,19H,2-4,10-11H2,1H3,(H,23,25)/t19-,21?;17-,19?/m00/s1. The third-order valence-electron chi connectivity index (χ3n) is 11.7. The minimum atomic E-state index is -0.746. The Morgan fingerprint density at radius 2 is 1.03 bits per heavy atom. The minimum absolute atomic E-state index is 0.160. The number of ether oxygens (including phenoxy) is 2. The highest BCUT2D eigenvalue weighted by atomic mass is 16.6. The van der Waals surface area contributed by atoms with E-state index < -0.39 is 36.2 Å². The minimum Gasteiger partial charge on any atom is -0.472 e. The van der Waals surface area contributed by atoms with Crippen molar-refractivity contribution < 1.29 is 61.1 Å². The van der Waals surface area contributed by atoms with E-state index in [0.717, 1.165) is 11.1 Å². The molecule has 64 heavy (non-hydrogen) atoms. The number of fused-ring (bicyclic) bond motifs is 2. The molecule has 0 spiro atoms. The smallest absolute Gasteiger partial charge is 0.414 e. The van der Waals surface area contributed by atoms with Crippen LogP contribution in [0.2, 0.25) is 0 Å². The van der Waals surface area contributed by atoms with Crippen LogP contribution in [0.1, 0.15) is 95.5 Å². The SMILES string of the molecule is CC(=O)NC[C@H]1CN(c2ccc3c(c2)CCCC(C(=O)c2ccoc2)C3=O)C(=O)O1.O=C(NC[C@H]1CN(c2ccc3c(c2)CCCC(C(=O)c2ccoc2)C3=O)C(=O)O1)c1ccoc1. The molecular weight excluding hydrogens is 829 g/mol. The summed E-state index contributed by atoms with van der Waals surface area (Å²) in [5, 5.41) is 5.37. The van der Waals surface area contributed by atoms with Crippen LogP contribution in [0.4, 0.5) is 21.0 Å². The van der Waals surface area contributed by atoms with E-state index in [1.807, 2.05) is 12.1 Å². The van der Waals surface area contributed by atoms with Crippen molar-refractivity contribution in [2.75, 3.05) is 36.0 Å². The van der Waals surface area contributed by atoms with Gasteiger partial charge in [0.2, 0.25) is 5.91 Å². The predicted octanol–water partition coefficient (Wildman–Crippen LogP) is 6.40. The number of ketones is 4. The highest BCUT2D eigenvalue weighted by Crippen LogP contribution is 2.33. The van der Waals surface area contributed by atoms with Crippen LogP contribution >= 0.6 is 0 Å². The summed E-state index contributed by atoms with van der Waals surface area (Å²) in [6, 6.07) is 15.1. The van der Waals surface area contributed by atoms with Crippen molar-refractivity contribution in [2.24, 2.45) is 11.8 Å². The van der Waals surface area contributed by atoms with Gasteiger partial charge in [-0.25, -0.2) is 9.59 Å². The van der Waals surface area contributed by atoms with Crippen LogP contribution in [0.3, 0.4) is 0 Å². The summed E-state index contributed by atoms with van der Waals surface area (Å²) in [6.07, 6.45) is 9.90. The molecule has 2 aliphatic heterocycles. The number of benzene rings is 2. The van der Waals surface area contributed by atoms with Crippen molar-refractivity contribution in [1.29, 1.82) is 0 Å². The Bertz CT molecular complexity index is 2580. The number of nitrogens with one attached hydrogen (secondary N) is 2. The number of furan rings is 3. The fourth-order valence-corrected chi connectivity index (χ4v) is 8.37. The first-order valence-corrected chi connectivity index (χ1v) is 20.9. The van der Waals surface area contributed by atoms with E-state index in [4.69, 9.17) is 22.7 Å². The predicted molar refractivity (Wildman–Crippen MR) is 225 cm³/mol. The number of hydrogen-bond acceptors (Lipinski definition) is 13. The van der Waals surface area contributed by atoms with Gasteiger partial charge in [-0.15, -0.1) is 0 Å². The second-order valence-electron chi connectivity index (χ2n) is 15.9. The van der Waals surface area contributed by atoms with Crippen LogP contribution in [0, 0.1) is 11.8 Å². The largest absolute Gasteiger partial charge is 0.472 e. The molecule has 17 heteroatoms. The fraction of sp³-hybridized carbons (Fsp3) is 0.319. The number of rotatable bonds is 11. The molecule has 2 saturated heterocycles. The summed E-state index contributed by atoms with van der Waals surface area (Å²) < 4.78 is 25.6. The second kappa shape index (κ2) is 18.8. The Balaban J connectivity index is 0.000000176. The van der Waals surface area contributed by atoms with E-state index in [1.54, 1.807) is 42.5 Å². The molecule has 2 N–H and O–H groups in total. The van der Waals surface area contributed by atoms with Crippen molar-refractivity contribution in [1.82, 2.24) is 10.6 Å². The molecule has 5 aromatic rings. The third kappa shape index (κ3) is 9.28. The molecule has 5 heterocycles. The lowest BCUT2D eigenvalue weighted by Crippen LogP contribution is -2.34. The zero-order chi connectivity index (χ0) is 44.9. The highest BCUT2D eigenvalue weighted by molar-refractivity contribution is 6.17. The number of Topliss-reactive ketones (excluding diaryl/α,β-unsaturated/α-hetero) is 4. The Morgan fingerprint density at radius 3 is 1.45 bits per heavy atom. The van der Waals surface area contributed by atoms with Crippen molar-refractivity contribution in [3.05, 3.63) is 131 Å². The molecule has 0 saturated carbocycles. The normalized spacial score (nSPS) is 20.5. The first-order valence-electron chi connectivity index (χ1n) is 20.9. The summed E-state index contributed by atoms with van der Waals surface area (Å²) in [5.41, 5.74) is 5.06. The van der Waals surface area contributed by atoms with Gasteiger partial charge in [-0.1, -0.05) is 0 Å². The summed E-state index contributed by atoms with van der Waals surface area (Å²) in [5.74, 6) is -2.85. The van der Waals surface area contributed by atoms with Crippen LogP contribution in [0.25, 0.3) is 0 Å². The Kier molecular flexibility index (Phi) is 12.7. The number of hydrogen-bond donors (Lipinski definition) is 2. The van der Waals surface area contributed by atoms with Gasteiger partial charge in [0.15, 0.2) is 23.1 Å². The number of nitrogens with zero attached hydrogens (tertiary/aromatic N) is 2. The Hall–Kier alpha value is -7.56. The maximum absolute atomic E-state index is 13.2. The molecule has 4 amide bonds. The Morgan fingerprint density at radius 1 is 0.594 bits per heavy atom. The van der Waals surface area contributed by atoms with Gasteiger partial charge in [-0.05, 0) is 104 Å². The lowest BCUT2D eigenvalue weighted by molar-refractivity contribution is -0.119. The summed E-state index contributed by atoms with van der Waals surface area (Å²) in [7, 11) is 0. The van der Waals surface area contributed by atoms with E-state index >= 15 is 0 Å². The van der Waals surface area contributed by atoms with Crippen molar-refractivity contribution in [2.45, 2.75) is 57.7 Å². The molecule has 2 fully saturated rings. The summed E-state index contributed by atoms with van der Waals surface area (Å²) >= 11 is 0. The fourth-order valence-electron chi connectivity index (χ4n) is 8.37. The van der Waals surface area contributed by atoms with Crippen molar-refractivity contribution >= 4 is 58.5 Å². The topological polar surface area (TPSA) is 225 Å². The molecule has 0 radical (unpaired) electrons. The van der Waals surface area contributed by atoms with Crippen LogP contribution < -0.4 is 20.4 Å². The summed E-state index contributed by atoms with van der Waals surface area (Å²) in [6.45, 7) is 2.39. The van der Waals surface area contributed by atoms with E-state index in [0.29, 0.717) is 84.3 Å². The van der Waals surface area contributed by atoms with Gasteiger partial charge in [0.25, 0.3) is 5.91 Å². The van der Waals surface area contributed by atoms with Gasteiger partial charge in [0.1, 0.15) is 31.0 Å². The number of cyclic esters (lactones) is 2. The maximum atomic E-state index is 13.2. The zero-order valence-electron chi connectivity index (χ0n) is 34.7. The molecule has 4 atom stereocenters. The zero-order valence-corrected chi connectivity index (χ0v) is 34.7. The lowest BCUT2D eigenvalue weighted by atomic mass is 9.89. The van der Waals surface area contributed by atoms with Crippen molar-refractivity contribution in [3.63, 3.8) is 0 Å². The number of carbonyl (C=O) groups is 8. The third-order valence-corrected chi connectivity index (χ3v) is 11.7. The van der Waals surface area contributed by atoms with E-state index in [1.165, 1.54) is 54.3 Å².